The molecule has 2 aromatic rings. The molecule has 1 fully saturated rings. The van der Waals surface area contributed by atoms with Crippen LogP contribution in [0.4, 0.5) is 4.39 Å². The minimum atomic E-state index is -0.176. The highest BCUT2D eigenvalue weighted by Gasteiger charge is 2.28. The first-order chi connectivity index (χ1) is 11.1. The molecule has 0 bridgehead atoms. The smallest absolute Gasteiger partial charge is 0.275 e. The summed E-state index contributed by atoms with van der Waals surface area (Å²) in [6.07, 6.45) is 3.03. The van der Waals surface area contributed by atoms with Crippen LogP contribution in [0.25, 0.3) is 0 Å². The van der Waals surface area contributed by atoms with Crippen LogP contribution in [-0.2, 0) is 13.0 Å². The number of aromatic nitrogens is 1. The van der Waals surface area contributed by atoms with Crippen molar-refractivity contribution in [2.24, 2.45) is 11.7 Å². The quantitative estimate of drug-likeness (QED) is 0.917. The molecule has 3 rings (SSSR count). The SMILES string of the molecule is Cc1ccc(CC2CCN(C(=O)c3coc(CN)n3)C2)cc1F.Cl. The molecule has 1 amide bonds. The van der Waals surface area contributed by atoms with Gasteiger partial charge in [0.25, 0.3) is 5.91 Å². The average Bonchev–Trinajstić information content (AvgIpc) is 3.19. The number of nitrogens with two attached hydrogens (primary N) is 1. The molecule has 2 N–H and O–H groups in total. The first kappa shape index (κ1) is 18.4. The molecule has 24 heavy (non-hydrogen) atoms. The number of hydrogen-bond acceptors (Lipinski definition) is 4. The van der Waals surface area contributed by atoms with E-state index in [1.54, 1.807) is 24.0 Å². The number of carbonyl (C=O) groups excluding carboxylic acids is 1. The van der Waals surface area contributed by atoms with E-state index in [0.29, 0.717) is 36.2 Å². The largest absolute Gasteiger partial charge is 0.447 e. The lowest BCUT2D eigenvalue weighted by molar-refractivity contribution is 0.0781. The second kappa shape index (κ2) is 7.77. The van der Waals surface area contributed by atoms with Crippen molar-refractivity contribution in [1.29, 1.82) is 0 Å². The molecule has 0 radical (unpaired) electrons. The topological polar surface area (TPSA) is 72.4 Å². The number of halogens is 2. The maximum atomic E-state index is 13.6. The second-order valence-corrected chi connectivity index (χ2v) is 6.02. The predicted octanol–water partition coefficient (Wildman–Crippen LogP) is 2.71. The number of benzene rings is 1. The van der Waals surface area contributed by atoms with Crippen molar-refractivity contribution >= 4 is 18.3 Å². The summed E-state index contributed by atoms with van der Waals surface area (Å²) in [5.41, 5.74) is 7.36. The zero-order chi connectivity index (χ0) is 16.4. The van der Waals surface area contributed by atoms with Crippen LogP contribution in [0, 0.1) is 18.7 Å². The van der Waals surface area contributed by atoms with E-state index in [2.05, 4.69) is 4.98 Å². The molecule has 2 heterocycles. The molecule has 5 nitrogen and oxygen atoms in total. The van der Waals surface area contributed by atoms with Gasteiger partial charge in [0, 0.05) is 13.1 Å². The van der Waals surface area contributed by atoms with Gasteiger partial charge in [0.05, 0.1) is 6.54 Å². The van der Waals surface area contributed by atoms with E-state index in [0.717, 1.165) is 18.4 Å². The lowest BCUT2D eigenvalue weighted by Crippen LogP contribution is -2.29. The van der Waals surface area contributed by atoms with E-state index in [4.69, 9.17) is 10.2 Å². The molecule has 1 atom stereocenters. The molecule has 1 aliphatic rings. The predicted molar refractivity (Wildman–Crippen MR) is 90.5 cm³/mol. The number of carbonyl (C=O) groups is 1. The van der Waals surface area contributed by atoms with Crippen molar-refractivity contribution in [3.05, 3.63) is 53.0 Å². The van der Waals surface area contributed by atoms with Gasteiger partial charge in [-0.15, -0.1) is 12.4 Å². The number of aryl methyl sites for hydroxylation is 1. The van der Waals surface area contributed by atoms with Crippen LogP contribution in [0.5, 0.6) is 0 Å². The van der Waals surface area contributed by atoms with E-state index in [9.17, 15) is 9.18 Å². The first-order valence-electron chi connectivity index (χ1n) is 7.75. The van der Waals surface area contributed by atoms with Gasteiger partial charge in [-0.25, -0.2) is 9.37 Å². The highest BCUT2D eigenvalue weighted by Crippen LogP contribution is 2.23. The number of likely N-dealkylation sites (tertiary alicyclic amines) is 1. The average molecular weight is 354 g/mol. The zero-order valence-electron chi connectivity index (χ0n) is 13.5. The maximum absolute atomic E-state index is 13.6. The van der Waals surface area contributed by atoms with Gasteiger partial charge in [0.2, 0.25) is 5.89 Å². The minimum absolute atomic E-state index is 0. The Bertz CT molecular complexity index is 720. The third-order valence-electron chi connectivity index (χ3n) is 4.28. The Hall–Kier alpha value is -1.92. The molecule has 0 saturated carbocycles. The fourth-order valence-corrected chi connectivity index (χ4v) is 2.95. The van der Waals surface area contributed by atoms with E-state index >= 15 is 0 Å². The standard InChI is InChI=1S/C17H20FN3O2.ClH/c1-11-2-3-12(7-14(11)18)6-13-4-5-21(9-13)17(22)15-10-23-16(8-19)20-15;/h2-3,7,10,13H,4-6,8-9,19H2,1H3;1H. The molecule has 130 valence electrons. The zero-order valence-corrected chi connectivity index (χ0v) is 14.3. The van der Waals surface area contributed by atoms with Gasteiger partial charge >= 0.3 is 0 Å². The van der Waals surface area contributed by atoms with Gasteiger partial charge in [-0.1, -0.05) is 12.1 Å². The van der Waals surface area contributed by atoms with E-state index < -0.39 is 0 Å². The van der Waals surface area contributed by atoms with Gasteiger partial charge in [0.15, 0.2) is 5.69 Å². The lowest BCUT2D eigenvalue weighted by atomic mass is 9.98. The second-order valence-electron chi connectivity index (χ2n) is 6.02. The van der Waals surface area contributed by atoms with Crippen molar-refractivity contribution in [2.45, 2.75) is 26.3 Å². The maximum Gasteiger partial charge on any atom is 0.275 e. The van der Waals surface area contributed by atoms with Crippen LogP contribution in [0.1, 0.15) is 33.9 Å². The van der Waals surface area contributed by atoms with Crippen LogP contribution in [-0.4, -0.2) is 28.9 Å². The Kier molecular flexibility index (Phi) is 5.96. The van der Waals surface area contributed by atoms with Gasteiger partial charge < -0.3 is 15.1 Å². The fourth-order valence-electron chi connectivity index (χ4n) is 2.95. The van der Waals surface area contributed by atoms with Crippen LogP contribution < -0.4 is 5.73 Å². The summed E-state index contributed by atoms with van der Waals surface area (Å²) >= 11 is 0. The third kappa shape index (κ3) is 3.94. The first-order valence-corrected chi connectivity index (χ1v) is 7.75. The summed E-state index contributed by atoms with van der Waals surface area (Å²) in [7, 11) is 0. The van der Waals surface area contributed by atoms with Crippen molar-refractivity contribution in [1.82, 2.24) is 9.88 Å². The molecule has 1 aliphatic heterocycles. The molecule has 1 saturated heterocycles. The molecule has 0 spiro atoms. The molecular weight excluding hydrogens is 333 g/mol. The summed E-state index contributed by atoms with van der Waals surface area (Å²) in [6.45, 7) is 3.26. The molecule has 1 aromatic carbocycles. The summed E-state index contributed by atoms with van der Waals surface area (Å²) in [5.74, 6) is 0.387. The van der Waals surface area contributed by atoms with Crippen molar-refractivity contribution < 1.29 is 13.6 Å². The van der Waals surface area contributed by atoms with E-state index in [1.807, 2.05) is 6.07 Å². The van der Waals surface area contributed by atoms with Crippen molar-refractivity contribution in [3.8, 4) is 0 Å². The van der Waals surface area contributed by atoms with Crippen LogP contribution >= 0.6 is 12.4 Å². The van der Waals surface area contributed by atoms with Crippen molar-refractivity contribution in [3.63, 3.8) is 0 Å². The fraction of sp³-hybridized carbons (Fsp3) is 0.412. The Morgan fingerprint density at radius 1 is 1.50 bits per heavy atom. The summed E-state index contributed by atoms with van der Waals surface area (Å²) in [4.78, 5) is 18.2. The molecule has 1 unspecified atom stereocenters. The Labute approximate surface area is 146 Å². The summed E-state index contributed by atoms with van der Waals surface area (Å²) < 4.78 is 18.7. The number of hydrogen-bond donors (Lipinski definition) is 1. The van der Waals surface area contributed by atoms with E-state index in [1.165, 1.54) is 6.26 Å². The number of nitrogens with zero attached hydrogens (tertiary/aromatic N) is 2. The van der Waals surface area contributed by atoms with Crippen molar-refractivity contribution in [2.75, 3.05) is 13.1 Å². The van der Waals surface area contributed by atoms with E-state index in [-0.39, 0.29) is 30.7 Å². The van der Waals surface area contributed by atoms with Crippen LogP contribution in [0.3, 0.4) is 0 Å². The third-order valence-corrected chi connectivity index (χ3v) is 4.28. The number of rotatable bonds is 4. The van der Waals surface area contributed by atoms with Crippen LogP contribution in [0.2, 0.25) is 0 Å². The molecule has 1 aromatic heterocycles. The molecule has 0 aliphatic carbocycles. The normalized spacial score (nSPS) is 17.0. The highest BCUT2D eigenvalue weighted by atomic mass is 35.5. The monoisotopic (exact) mass is 353 g/mol. The van der Waals surface area contributed by atoms with Gasteiger partial charge in [-0.2, -0.15) is 0 Å². The van der Waals surface area contributed by atoms with Crippen LogP contribution in [0.15, 0.2) is 28.9 Å². The highest BCUT2D eigenvalue weighted by molar-refractivity contribution is 5.92. The molecule has 7 heteroatoms. The Morgan fingerprint density at radius 3 is 2.96 bits per heavy atom. The Balaban J connectivity index is 0.00000208. The van der Waals surface area contributed by atoms with Gasteiger partial charge in [-0.3, -0.25) is 4.79 Å². The molecular formula is C17H21ClFN3O2. The summed E-state index contributed by atoms with van der Waals surface area (Å²) in [6, 6.07) is 5.34. The lowest BCUT2D eigenvalue weighted by Gasteiger charge is -2.15. The van der Waals surface area contributed by atoms with Gasteiger partial charge in [0.1, 0.15) is 12.1 Å². The number of amides is 1. The minimum Gasteiger partial charge on any atom is -0.447 e. The summed E-state index contributed by atoms with van der Waals surface area (Å²) in [5, 5.41) is 0. The Morgan fingerprint density at radius 2 is 2.29 bits per heavy atom. The number of oxazole rings is 1. The van der Waals surface area contributed by atoms with Gasteiger partial charge in [-0.05, 0) is 42.9 Å².